The van der Waals surface area contributed by atoms with Crippen molar-refractivity contribution < 1.29 is 68.9 Å². The number of carbonyl (C=O) groups is 6. The minimum Gasteiger partial charge on any atom is -0.550 e. The zero-order chi connectivity index (χ0) is 37.1. The first kappa shape index (κ1) is 42.8. The zero-order valence-corrected chi connectivity index (χ0v) is 28.5. The van der Waals surface area contributed by atoms with Crippen LogP contribution in [0.25, 0.3) is 0 Å². The summed E-state index contributed by atoms with van der Waals surface area (Å²) in [6.45, 7) is -3.84. The van der Waals surface area contributed by atoms with Gasteiger partial charge in [0, 0.05) is 64.5 Å². The largest absolute Gasteiger partial charge is 0.550 e. The van der Waals surface area contributed by atoms with Gasteiger partial charge in [0.15, 0.2) is 0 Å². The summed E-state index contributed by atoms with van der Waals surface area (Å²) >= 11 is 0. The van der Waals surface area contributed by atoms with E-state index in [1.54, 1.807) is 0 Å². The molecule has 0 saturated heterocycles. The summed E-state index contributed by atoms with van der Waals surface area (Å²) < 4.78 is 11.3. The Morgan fingerprint density at radius 1 is 0.500 bits per heavy atom. The van der Waals surface area contributed by atoms with E-state index in [1.165, 1.54) is 0 Å². The second-order valence-electron chi connectivity index (χ2n) is 13.2. The number of carboxylic acids is 6. The van der Waals surface area contributed by atoms with Gasteiger partial charge in [0.25, 0.3) is 0 Å². The van der Waals surface area contributed by atoms with Gasteiger partial charge in [-0.05, 0) is 50.4 Å². The van der Waals surface area contributed by atoms with E-state index in [0.717, 1.165) is 78.9 Å². The van der Waals surface area contributed by atoms with E-state index in [-0.39, 0.29) is 25.0 Å². The van der Waals surface area contributed by atoms with E-state index in [9.17, 15) is 59.4 Å². The standard InChI is InChI=1S/C33H55N3O14/c37-28(38)12-11-25(31(43)44)34(13-15-35(17-29(39)40)26(32(45)46)21-49-19-23-7-3-1-4-8-23)14-16-36(18-30(41)42)27(33(47)48)22-50-20-24-9-5-2-6-10-24/h23-27H,1-22H2,(H,37,38)(H,39,40)(H,41,42)(H,43,44)(H,45,46)(H,47,48)/p-6/t25-,26-,27+/m1/s1. The molecule has 0 aromatic heterocycles. The van der Waals surface area contributed by atoms with Crippen molar-refractivity contribution in [1.29, 1.82) is 0 Å². The number of rotatable bonds is 27. The SMILES string of the molecule is O=C([O-])CC[C@H](C(=O)[O-])N(CCN(CC(=O)[O-])[C@H](COCC1CCCCC1)C(=O)[O-])CCN(CC(=O)[O-])[C@@H](COCC1CCCCC1)C(=O)[O-]. The third-order valence-corrected chi connectivity index (χ3v) is 9.48. The second kappa shape index (κ2) is 23.2. The molecule has 2 rings (SSSR count). The van der Waals surface area contributed by atoms with Crippen molar-refractivity contribution in [3.63, 3.8) is 0 Å². The number of hydrogen-bond donors (Lipinski definition) is 0. The lowest BCUT2D eigenvalue weighted by Gasteiger charge is -2.39. The summed E-state index contributed by atoms with van der Waals surface area (Å²) in [6.07, 6.45) is 8.60. The Bertz CT molecular complexity index is 1030. The molecule has 0 radical (unpaired) electrons. The molecule has 0 aromatic rings. The molecule has 0 aromatic carbocycles. The highest BCUT2D eigenvalue weighted by Gasteiger charge is 2.28. The van der Waals surface area contributed by atoms with Crippen LogP contribution in [-0.2, 0) is 38.2 Å². The van der Waals surface area contributed by atoms with Crippen LogP contribution in [0.1, 0.15) is 77.0 Å². The molecule has 0 amide bonds. The topological polar surface area (TPSA) is 269 Å². The molecule has 0 spiro atoms. The highest BCUT2D eigenvalue weighted by molar-refractivity contribution is 5.74. The molecule has 0 N–H and O–H groups in total. The molecule has 50 heavy (non-hydrogen) atoms. The fourth-order valence-corrected chi connectivity index (χ4v) is 6.71. The molecule has 2 fully saturated rings. The van der Waals surface area contributed by atoms with Crippen LogP contribution in [0.3, 0.4) is 0 Å². The van der Waals surface area contributed by atoms with Crippen molar-refractivity contribution >= 4 is 35.8 Å². The summed E-state index contributed by atoms with van der Waals surface area (Å²) in [5, 5.41) is 70.9. The molecule has 3 atom stereocenters. The van der Waals surface area contributed by atoms with Crippen LogP contribution in [0.4, 0.5) is 0 Å². The first-order valence-corrected chi connectivity index (χ1v) is 17.4. The Hall–Kier alpha value is -3.38. The van der Waals surface area contributed by atoms with Gasteiger partial charge in [0.1, 0.15) is 0 Å². The summed E-state index contributed by atoms with van der Waals surface area (Å²) in [6, 6.07) is -4.82. The fraction of sp³-hybridized carbons (Fsp3) is 0.818. The van der Waals surface area contributed by atoms with Gasteiger partial charge < -0.3 is 68.9 Å². The fourth-order valence-electron chi connectivity index (χ4n) is 6.71. The van der Waals surface area contributed by atoms with Gasteiger partial charge in [-0.3, -0.25) is 14.7 Å². The third-order valence-electron chi connectivity index (χ3n) is 9.48. The Morgan fingerprint density at radius 2 is 0.860 bits per heavy atom. The predicted molar refractivity (Wildman–Crippen MR) is 160 cm³/mol. The Balaban J connectivity index is 2.24. The van der Waals surface area contributed by atoms with E-state index in [2.05, 4.69) is 0 Å². The Kier molecular flexibility index (Phi) is 19.8. The lowest BCUT2D eigenvalue weighted by atomic mass is 9.90. The molecule has 0 aliphatic heterocycles. The van der Waals surface area contributed by atoms with Gasteiger partial charge in [-0.25, -0.2) is 0 Å². The van der Waals surface area contributed by atoms with Crippen molar-refractivity contribution in [2.75, 3.05) is 65.7 Å². The molecule has 0 bridgehead atoms. The number of nitrogens with zero attached hydrogens (tertiary/aromatic N) is 3. The Labute approximate surface area is 292 Å². The summed E-state index contributed by atoms with van der Waals surface area (Å²) in [7, 11) is 0. The van der Waals surface area contributed by atoms with Crippen LogP contribution < -0.4 is 30.6 Å². The van der Waals surface area contributed by atoms with Crippen molar-refractivity contribution in [3.05, 3.63) is 0 Å². The second-order valence-corrected chi connectivity index (χ2v) is 13.2. The molecule has 2 saturated carbocycles. The van der Waals surface area contributed by atoms with Gasteiger partial charge in [-0.15, -0.1) is 0 Å². The van der Waals surface area contributed by atoms with Crippen molar-refractivity contribution in [2.24, 2.45) is 11.8 Å². The first-order chi connectivity index (χ1) is 23.8. The van der Waals surface area contributed by atoms with Crippen LogP contribution in [-0.4, -0.2) is 134 Å². The minimum atomic E-state index is -1.73. The smallest absolute Gasteiger partial charge is 0.0734 e. The van der Waals surface area contributed by atoms with Gasteiger partial charge >= 0.3 is 0 Å². The van der Waals surface area contributed by atoms with E-state index >= 15 is 0 Å². The molecule has 17 nitrogen and oxygen atoms in total. The average Bonchev–Trinajstić information content (AvgIpc) is 3.05. The lowest BCUT2D eigenvalue weighted by Crippen LogP contribution is -2.59. The molecule has 0 heterocycles. The number of hydrogen-bond acceptors (Lipinski definition) is 17. The van der Waals surface area contributed by atoms with Gasteiger partial charge in [0.2, 0.25) is 0 Å². The van der Waals surface area contributed by atoms with Gasteiger partial charge in [-0.2, -0.15) is 0 Å². The van der Waals surface area contributed by atoms with Gasteiger partial charge in [0.05, 0.1) is 55.1 Å². The molecule has 0 unspecified atom stereocenters. The van der Waals surface area contributed by atoms with E-state index < -0.39 is 119 Å². The summed E-state index contributed by atoms with van der Waals surface area (Å²) in [4.78, 5) is 74.0. The number of carbonyl (C=O) groups excluding carboxylic acids is 6. The number of ether oxygens (including phenoxy) is 2. The predicted octanol–water partition coefficient (Wildman–Crippen LogP) is -6.53. The molecule has 286 valence electrons. The summed E-state index contributed by atoms with van der Waals surface area (Å²) in [5.41, 5.74) is 0. The van der Waals surface area contributed by atoms with Gasteiger partial charge in [-0.1, -0.05) is 38.5 Å². The van der Waals surface area contributed by atoms with E-state index in [0.29, 0.717) is 0 Å². The number of aliphatic carboxylic acids is 6. The maximum atomic E-state index is 12.2. The highest BCUT2D eigenvalue weighted by Crippen LogP contribution is 2.25. The molecular formula is C33H49N3O14-6. The highest BCUT2D eigenvalue weighted by atomic mass is 16.5. The van der Waals surface area contributed by atoms with E-state index in [1.807, 2.05) is 0 Å². The molecular weight excluding hydrogens is 662 g/mol. The monoisotopic (exact) mass is 711 g/mol. The van der Waals surface area contributed by atoms with Crippen molar-refractivity contribution in [2.45, 2.75) is 95.2 Å². The normalized spacial score (nSPS) is 17.8. The molecule has 17 heteroatoms. The maximum Gasteiger partial charge on any atom is 0.0734 e. The number of carboxylic acid groups (broad SMARTS) is 6. The van der Waals surface area contributed by atoms with E-state index in [4.69, 9.17) is 9.47 Å². The van der Waals surface area contributed by atoms with Crippen LogP contribution in [0, 0.1) is 11.8 Å². The maximum absolute atomic E-state index is 12.2. The minimum absolute atomic E-state index is 0.218. The molecule has 2 aliphatic carbocycles. The van der Waals surface area contributed by atoms with Crippen LogP contribution in [0.15, 0.2) is 0 Å². The Morgan fingerprint density at radius 3 is 1.18 bits per heavy atom. The quantitative estimate of drug-likeness (QED) is 0.0766. The first-order valence-electron chi connectivity index (χ1n) is 17.4. The lowest BCUT2D eigenvalue weighted by molar-refractivity contribution is -0.318. The molecule has 2 aliphatic rings. The zero-order valence-electron chi connectivity index (χ0n) is 28.5. The van der Waals surface area contributed by atoms with Crippen molar-refractivity contribution in [3.8, 4) is 0 Å². The van der Waals surface area contributed by atoms with Crippen molar-refractivity contribution in [1.82, 2.24) is 14.7 Å². The third kappa shape index (κ3) is 16.6. The van der Waals surface area contributed by atoms with Crippen LogP contribution in [0.2, 0.25) is 0 Å². The van der Waals surface area contributed by atoms with Crippen LogP contribution in [0.5, 0.6) is 0 Å². The van der Waals surface area contributed by atoms with Crippen LogP contribution >= 0.6 is 0 Å². The summed E-state index contributed by atoms with van der Waals surface area (Å²) in [5.74, 6) is -9.47. The average molecular weight is 712 g/mol.